The van der Waals surface area contributed by atoms with Gasteiger partial charge in [0.2, 0.25) is 0 Å². The van der Waals surface area contributed by atoms with Gasteiger partial charge in [-0.3, -0.25) is 4.79 Å². The summed E-state index contributed by atoms with van der Waals surface area (Å²) in [6, 6.07) is 1.25. The number of pyridine rings is 1. The van der Waals surface area contributed by atoms with E-state index in [4.69, 9.17) is 5.11 Å². The van der Waals surface area contributed by atoms with E-state index in [1.165, 1.54) is 17.2 Å². The van der Waals surface area contributed by atoms with E-state index in [0.717, 1.165) is 6.42 Å². The van der Waals surface area contributed by atoms with Crippen LogP contribution >= 0.6 is 0 Å². The van der Waals surface area contributed by atoms with Crippen LogP contribution in [0.1, 0.15) is 37.6 Å². The molecular weight excluding hydrogens is 261 g/mol. The number of hydrogen-bond donors (Lipinski definition) is 2. The van der Waals surface area contributed by atoms with Gasteiger partial charge < -0.3 is 15.3 Å². The smallest absolute Gasteiger partial charge is 0.257 e. The maximum absolute atomic E-state index is 14.3. The van der Waals surface area contributed by atoms with Crippen molar-refractivity contribution in [1.82, 2.24) is 9.88 Å². The van der Waals surface area contributed by atoms with Crippen molar-refractivity contribution in [3.05, 3.63) is 23.6 Å². The first kappa shape index (κ1) is 16.4. The van der Waals surface area contributed by atoms with Crippen molar-refractivity contribution >= 4 is 11.7 Å². The molecule has 0 radical (unpaired) electrons. The van der Waals surface area contributed by atoms with Crippen LogP contribution in [0.15, 0.2) is 12.3 Å². The summed E-state index contributed by atoms with van der Waals surface area (Å²) < 4.78 is 14.3. The Balaban J connectivity index is 3.02. The van der Waals surface area contributed by atoms with Crippen LogP contribution in [-0.4, -0.2) is 46.6 Å². The lowest BCUT2D eigenvalue weighted by Crippen LogP contribution is -2.39. The molecule has 0 saturated carbocycles. The van der Waals surface area contributed by atoms with E-state index < -0.39 is 11.7 Å². The maximum Gasteiger partial charge on any atom is 0.257 e. The average Bonchev–Trinajstić information content (AvgIpc) is 2.42. The Morgan fingerprint density at radius 3 is 2.80 bits per heavy atom. The predicted octanol–water partition coefficient (Wildman–Crippen LogP) is 1.89. The number of carbonyl (C=O) groups excluding carboxylic acids is 1. The van der Waals surface area contributed by atoms with Crippen molar-refractivity contribution in [1.29, 1.82) is 0 Å². The largest absolute Gasteiger partial charge is 0.395 e. The number of aliphatic hydroxyl groups excluding tert-OH is 1. The lowest BCUT2D eigenvalue weighted by molar-refractivity contribution is 0.0660. The summed E-state index contributed by atoms with van der Waals surface area (Å²) in [4.78, 5) is 17.7. The Morgan fingerprint density at radius 2 is 2.25 bits per heavy atom. The second kappa shape index (κ2) is 7.79. The van der Waals surface area contributed by atoms with Crippen LogP contribution in [0.5, 0.6) is 0 Å². The van der Waals surface area contributed by atoms with E-state index >= 15 is 0 Å². The number of hydrogen-bond acceptors (Lipinski definition) is 4. The van der Waals surface area contributed by atoms with E-state index in [-0.39, 0.29) is 30.6 Å². The summed E-state index contributed by atoms with van der Waals surface area (Å²) >= 11 is 0. The quantitative estimate of drug-likeness (QED) is 0.802. The van der Waals surface area contributed by atoms with E-state index in [2.05, 4.69) is 10.3 Å². The highest BCUT2D eigenvalue weighted by molar-refractivity contribution is 5.95. The number of aromatic nitrogens is 1. The normalized spacial score (nSPS) is 10.7. The molecule has 0 unspecified atom stereocenters. The molecule has 0 saturated heterocycles. The molecule has 1 heterocycles. The highest BCUT2D eigenvalue weighted by Gasteiger charge is 2.23. The van der Waals surface area contributed by atoms with Crippen LogP contribution in [-0.2, 0) is 0 Å². The number of anilines is 1. The van der Waals surface area contributed by atoms with Gasteiger partial charge in [0, 0.05) is 25.3 Å². The van der Waals surface area contributed by atoms with Crippen molar-refractivity contribution in [2.24, 2.45) is 0 Å². The summed E-state index contributed by atoms with van der Waals surface area (Å²) in [5.41, 5.74) is -0.0271. The summed E-state index contributed by atoms with van der Waals surface area (Å²) in [6.07, 6.45) is 2.24. The van der Waals surface area contributed by atoms with Crippen LogP contribution in [0, 0.1) is 5.82 Å². The number of carbonyl (C=O) groups is 1. The molecule has 0 atom stereocenters. The zero-order valence-corrected chi connectivity index (χ0v) is 12.2. The van der Waals surface area contributed by atoms with Crippen LogP contribution in [0.2, 0.25) is 0 Å². The first-order valence-corrected chi connectivity index (χ1v) is 6.83. The molecule has 2 N–H and O–H groups in total. The lowest BCUT2D eigenvalue weighted by Gasteiger charge is -2.26. The standard InChI is InChI=1S/C14H22FN3O2/c1-4-6-16-13-12(15)11(5-7-17-13)14(20)18(8-9-19)10(2)3/h5,7,10,19H,4,6,8-9H2,1-3H3,(H,16,17). The fourth-order valence-electron chi connectivity index (χ4n) is 1.83. The molecule has 1 amide bonds. The molecule has 20 heavy (non-hydrogen) atoms. The van der Waals surface area contributed by atoms with Crippen LogP contribution in [0.25, 0.3) is 0 Å². The van der Waals surface area contributed by atoms with E-state index in [9.17, 15) is 9.18 Å². The van der Waals surface area contributed by atoms with Gasteiger partial charge in [-0.1, -0.05) is 6.92 Å². The molecule has 6 heteroatoms. The SMILES string of the molecule is CCCNc1nccc(C(=O)N(CCO)C(C)C)c1F. The van der Waals surface area contributed by atoms with Gasteiger partial charge in [-0.2, -0.15) is 0 Å². The Kier molecular flexibility index (Phi) is 6.38. The van der Waals surface area contributed by atoms with Gasteiger partial charge in [0.25, 0.3) is 5.91 Å². The Morgan fingerprint density at radius 1 is 1.55 bits per heavy atom. The van der Waals surface area contributed by atoms with E-state index in [1.54, 1.807) is 0 Å². The van der Waals surface area contributed by atoms with E-state index in [1.807, 2.05) is 20.8 Å². The average molecular weight is 283 g/mol. The number of aliphatic hydroxyl groups is 1. The van der Waals surface area contributed by atoms with E-state index in [0.29, 0.717) is 6.54 Å². The van der Waals surface area contributed by atoms with Crippen LogP contribution < -0.4 is 5.32 Å². The van der Waals surface area contributed by atoms with Gasteiger partial charge in [-0.05, 0) is 26.3 Å². The molecule has 1 rings (SSSR count). The predicted molar refractivity (Wildman–Crippen MR) is 76.2 cm³/mol. The van der Waals surface area contributed by atoms with Gasteiger partial charge in [0.15, 0.2) is 11.6 Å². The molecule has 1 aromatic heterocycles. The molecule has 0 aliphatic heterocycles. The van der Waals surface area contributed by atoms with Crippen molar-refractivity contribution in [3.63, 3.8) is 0 Å². The Bertz CT molecular complexity index is 452. The molecule has 0 aliphatic carbocycles. The minimum Gasteiger partial charge on any atom is -0.395 e. The molecule has 0 spiro atoms. The second-order valence-corrected chi connectivity index (χ2v) is 4.76. The second-order valence-electron chi connectivity index (χ2n) is 4.76. The topological polar surface area (TPSA) is 65.5 Å². The number of halogens is 1. The number of rotatable bonds is 7. The van der Waals surface area contributed by atoms with Crippen LogP contribution in [0.3, 0.4) is 0 Å². The summed E-state index contributed by atoms with van der Waals surface area (Å²) in [5, 5.41) is 11.9. The molecule has 0 fully saturated rings. The zero-order chi connectivity index (χ0) is 15.1. The van der Waals surface area contributed by atoms with Gasteiger partial charge in [0.1, 0.15) is 0 Å². The Labute approximate surface area is 118 Å². The summed E-state index contributed by atoms with van der Waals surface area (Å²) in [5.74, 6) is -0.992. The highest BCUT2D eigenvalue weighted by atomic mass is 19.1. The molecule has 0 aromatic carbocycles. The van der Waals surface area contributed by atoms with Gasteiger partial charge in [-0.15, -0.1) is 0 Å². The third-order valence-corrected chi connectivity index (χ3v) is 2.89. The molecule has 1 aromatic rings. The van der Waals surface area contributed by atoms with Crippen molar-refractivity contribution < 1.29 is 14.3 Å². The molecule has 5 nitrogen and oxygen atoms in total. The first-order valence-electron chi connectivity index (χ1n) is 6.83. The minimum atomic E-state index is -0.644. The molecule has 0 aliphatic rings. The van der Waals surface area contributed by atoms with Gasteiger partial charge in [-0.25, -0.2) is 9.37 Å². The fourth-order valence-corrected chi connectivity index (χ4v) is 1.83. The third kappa shape index (κ3) is 3.90. The monoisotopic (exact) mass is 283 g/mol. The molecule has 0 bridgehead atoms. The maximum atomic E-state index is 14.3. The minimum absolute atomic E-state index is 0.0271. The lowest BCUT2D eigenvalue weighted by atomic mass is 10.2. The molecular formula is C14H22FN3O2. The molecule has 112 valence electrons. The third-order valence-electron chi connectivity index (χ3n) is 2.89. The highest BCUT2D eigenvalue weighted by Crippen LogP contribution is 2.18. The van der Waals surface area contributed by atoms with Crippen molar-refractivity contribution in [2.45, 2.75) is 33.2 Å². The van der Waals surface area contributed by atoms with Gasteiger partial charge in [0.05, 0.1) is 12.2 Å². The number of amides is 1. The van der Waals surface area contributed by atoms with Crippen molar-refractivity contribution in [3.8, 4) is 0 Å². The number of nitrogens with zero attached hydrogens (tertiary/aromatic N) is 2. The first-order chi connectivity index (χ1) is 9.52. The van der Waals surface area contributed by atoms with Crippen LogP contribution in [0.4, 0.5) is 10.2 Å². The summed E-state index contributed by atoms with van der Waals surface area (Å²) in [6.45, 7) is 6.22. The number of nitrogens with one attached hydrogen (secondary N) is 1. The van der Waals surface area contributed by atoms with Gasteiger partial charge >= 0.3 is 0 Å². The Hall–Kier alpha value is -1.69. The summed E-state index contributed by atoms with van der Waals surface area (Å²) in [7, 11) is 0. The fraction of sp³-hybridized carbons (Fsp3) is 0.571. The van der Waals surface area contributed by atoms with Crippen molar-refractivity contribution in [2.75, 3.05) is 25.0 Å². The zero-order valence-electron chi connectivity index (χ0n) is 12.2.